The molecule has 0 atom stereocenters. The topological polar surface area (TPSA) is 26.0 Å². The van der Waals surface area contributed by atoms with E-state index in [0.29, 0.717) is 0 Å². The van der Waals surface area contributed by atoms with Gasteiger partial charge in [0.2, 0.25) is 0 Å². The molecule has 0 fully saturated rings. The molecule has 10 rings (SSSR count). The maximum atomic E-state index is 6.52. The average molecular weight is 552 g/mol. The van der Waals surface area contributed by atoms with Crippen molar-refractivity contribution in [2.45, 2.75) is 0 Å². The number of hydrogen-bond acceptors (Lipinski definition) is 3. The zero-order chi connectivity index (χ0) is 27.4. The van der Waals surface area contributed by atoms with Crippen molar-refractivity contribution in [2.75, 3.05) is 0 Å². The molecule has 0 spiro atoms. The van der Waals surface area contributed by atoms with Crippen molar-refractivity contribution in [3.8, 4) is 44.0 Å². The van der Waals surface area contributed by atoms with Crippen LogP contribution in [0, 0.1) is 0 Å². The number of rotatable bonds is 2. The fourth-order valence-corrected chi connectivity index (χ4v) is 7.88. The largest absolute Gasteiger partial charge is 0.455 e. The number of nitrogens with zero attached hydrogens (tertiary/aromatic N) is 1. The van der Waals surface area contributed by atoms with Gasteiger partial charge in [0.1, 0.15) is 16.2 Å². The van der Waals surface area contributed by atoms with Gasteiger partial charge in [-0.2, -0.15) is 0 Å². The molecule has 0 N–H and O–H groups in total. The highest BCUT2D eigenvalue weighted by Crippen LogP contribution is 2.54. The highest BCUT2D eigenvalue weighted by Gasteiger charge is 2.28. The third-order valence-corrected chi connectivity index (χ3v) is 9.91. The lowest BCUT2D eigenvalue weighted by Gasteiger charge is -2.12. The summed E-state index contributed by atoms with van der Waals surface area (Å²) in [5.41, 5.74) is 11.6. The van der Waals surface area contributed by atoms with Gasteiger partial charge in [-0.25, -0.2) is 4.98 Å². The summed E-state index contributed by atoms with van der Waals surface area (Å²) in [4.78, 5) is 4.88. The molecule has 3 heteroatoms. The Morgan fingerprint density at radius 3 is 2.24 bits per heavy atom. The molecular formula is C39H21NOS. The smallest absolute Gasteiger partial charge is 0.143 e. The predicted octanol–water partition coefficient (Wildman–Crippen LogP) is 11.5. The van der Waals surface area contributed by atoms with Gasteiger partial charge in [0.15, 0.2) is 0 Å². The van der Waals surface area contributed by atoms with E-state index < -0.39 is 0 Å². The molecule has 1 aliphatic carbocycles. The molecule has 0 saturated heterocycles. The molecule has 194 valence electrons. The van der Waals surface area contributed by atoms with Crippen LogP contribution in [0.25, 0.3) is 97.7 Å². The first-order valence-electron chi connectivity index (χ1n) is 14.2. The highest BCUT2D eigenvalue weighted by atomic mass is 32.1. The summed E-state index contributed by atoms with van der Waals surface area (Å²) in [7, 11) is 0. The molecule has 7 aromatic carbocycles. The molecule has 1 aliphatic rings. The second-order valence-corrected chi connectivity index (χ2v) is 12.1. The van der Waals surface area contributed by atoms with Crippen LogP contribution in [0.1, 0.15) is 0 Å². The average Bonchev–Trinajstić information content (AvgIpc) is 3.74. The number of benzene rings is 7. The zero-order valence-electron chi connectivity index (χ0n) is 22.4. The van der Waals surface area contributed by atoms with Crippen LogP contribution in [0.5, 0.6) is 0 Å². The van der Waals surface area contributed by atoms with Gasteiger partial charge in [-0.1, -0.05) is 91.0 Å². The van der Waals surface area contributed by atoms with Crippen LogP contribution in [0.4, 0.5) is 0 Å². The van der Waals surface area contributed by atoms with Crippen LogP contribution in [0.15, 0.2) is 132 Å². The molecule has 0 unspecified atom stereocenters. The van der Waals surface area contributed by atoms with E-state index in [2.05, 4.69) is 115 Å². The third-order valence-electron chi connectivity index (χ3n) is 8.82. The summed E-state index contributed by atoms with van der Waals surface area (Å²) in [6.07, 6.45) is 0. The van der Waals surface area contributed by atoms with Crippen LogP contribution in [0.2, 0.25) is 0 Å². The first kappa shape index (κ1) is 22.4. The van der Waals surface area contributed by atoms with E-state index >= 15 is 0 Å². The third kappa shape index (κ3) is 3.01. The summed E-state index contributed by atoms with van der Waals surface area (Å²) >= 11 is 1.75. The first-order chi connectivity index (χ1) is 20.8. The van der Waals surface area contributed by atoms with E-state index in [1.807, 2.05) is 12.1 Å². The fraction of sp³-hybridized carbons (Fsp3) is 0. The second kappa shape index (κ2) is 8.16. The first-order valence-corrected chi connectivity index (χ1v) is 15.0. The van der Waals surface area contributed by atoms with Crippen LogP contribution in [-0.2, 0) is 0 Å². The van der Waals surface area contributed by atoms with Crippen molar-refractivity contribution in [3.05, 3.63) is 127 Å². The van der Waals surface area contributed by atoms with Gasteiger partial charge in [0.05, 0.1) is 10.2 Å². The van der Waals surface area contributed by atoms with E-state index in [1.54, 1.807) is 11.3 Å². The monoisotopic (exact) mass is 551 g/mol. The Labute approximate surface area is 245 Å². The number of thiazole rings is 1. The second-order valence-electron chi connectivity index (χ2n) is 11.1. The van der Waals surface area contributed by atoms with Crippen molar-refractivity contribution in [2.24, 2.45) is 0 Å². The zero-order valence-corrected chi connectivity index (χ0v) is 23.2. The SMILES string of the molecule is c1cc2c3c(c(-c4ccc5cc(-c6nc7ccccc7s6)ccc5c4)ccc3c1)-c1ccc3c(oc4ccccc43)c1-2. The minimum absolute atomic E-state index is 0.934. The van der Waals surface area contributed by atoms with E-state index in [9.17, 15) is 0 Å². The Morgan fingerprint density at radius 1 is 0.524 bits per heavy atom. The number of para-hydroxylation sites is 2. The van der Waals surface area contributed by atoms with Gasteiger partial charge in [0, 0.05) is 21.9 Å². The molecule has 0 radical (unpaired) electrons. The standard InChI is InChI=1S/C39H21NOS/c1-3-10-33-28(7-1)29-18-19-31-36-27(17-16-22-6-5-8-30(35(22)36)37(31)38(29)41-33)25-14-12-24-21-26(15-13-23(24)20-25)39-40-32-9-2-4-11-34(32)42-39/h1-21H. The van der Waals surface area contributed by atoms with Crippen molar-refractivity contribution in [1.82, 2.24) is 4.98 Å². The summed E-state index contributed by atoms with van der Waals surface area (Å²) < 4.78 is 7.74. The predicted molar refractivity (Wildman–Crippen MR) is 177 cm³/mol. The van der Waals surface area contributed by atoms with Gasteiger partial charge in [-0.3, -0.25) is 0 Å². The lowest BCUT2D eigenvalue weighted by atomic mass is 9.91. The lowest BCUT2D eigenvalue weighted by molar-refractivity contribution is 0.670. The van der Waals surface area contributed by atoms with Crippen LogP contribution < -0.4 is 0 Å². The Morgan fingerprint density at radius 2 is 1.31 bits per heavy atom. The molecule has 2 aromatic heterocycles. The summed E-state index contributed by atoms with van der Waals surface area (Å²) in [5, 5.41) is 8.41. The Balaban J connectivity index is 1.16. The molecule has 2 heterocycles. The highest BCUT2D eigenvalue weighted by molar-refractivity contribution is 7.21. The molecule has 9 aromatic rings. The van der Waals surface area contributed by atoms with E-state index in [0.717, 1.165) is 27.3 Å². The van der Waals surface area contributed by atoms with Crippen molar-refractivity contribution in [3.63, 3.8) is 0 Å². The minimum Gasteiger partial charge on any atom is -0.455 e. The van der Waals surface area contributed by atoms with Crippen molar-refractivity contribution < 1.29 is 4.42 Å². The molecule has 42 heavy (non-hydrogen) atoms. The van der Waals surface area contributed by atoms with Crippen molar-refractivity contribution >= 4 is 65.0 Å². The van der Waals surface area contributed by atoms with Gasteiger partial charge < -0.3 is 4.42 Å². The summed E-state index contributed by atoms with van der Waals surface area (Å²) in [5.74, 6) is 0. The van der Waals surface area contributed by atoms with E-state index in [-0.39, 0.29) is 0 Å². The number of furan rings is 1. The maximum absolute atomic E-state index is 6.52. The van der Waals surface area contributed by atoms with Crippen LogP contribution >= 0.6 is 11.3 Å². The fourth-order valence-electron chi connectivity index (χ4n) is 6.91. The van der Waals surface area contributed by atoms with E-state index in [4.69, 9.17) is 9.40 Å². The van der Waals surface area contributed by atoms with Gasteiger partial charge in [0.25, 0.3) is 0 Å². The Bertz CT molecular complexity index is 2550. The molecule has 2 nitrogen and oxygen atoms in total. The normalized spacial score (nSPS) is 12.3. The maximum Gasteiger partial charge on any atom is 0.143 e. The van der Waals surface area contributed by atoms with Gasteiger partial charge in [-0.15, -0.1) is 11.3 Å². The Kier molecular flexibility index (Phi) is 4.36. The molecular weight excluding hydrogens is 531 g/mol. The van der Waals surface area contributed by atoms with Crippen molar-refractivity contribution in [1.29, 1.82) is 0 Å². The summed E-state index contributed by atoms with van der Waals surface area (Å²) in [6.45, 7) is 0. The van der Waals surface area contributed by atoms with Gasteiger partial charge >= 0.3 is 0 Å². The molecule has 0 aliphatic heterocycles. The number of fused-ring (bicyclic) bond motifs is 9. The summed E-state index contributed by atoms with van der Waals surface area (Å²) in [6, 6.07) is 45.9. The Hall–Kier alpha value is -5.25. The van der Waals surface area contributed by atoms with Crippen LogP contribution in [0.3, 0.4) is 0 Å². The molecule has 0 amide bonds. The minimum atomic E-state index is 0.934. The molecule has 0 bridgehead atoms. The quantitative estimate of drug-likeness (QED) is 0.214. The molecule has 0 saturated carbocycles. The lowest BCUT2D eigenvalue weighted by Crippen LogP contribution is -1.86. The number of hydrogen-bond donors (Lipinski definition) is 0. The van der Waals surface area contributed by atoms with Crippen LogP contribution in [-0.4, -0.2) is 4.98 Å². The van der Waals surface area contributed by atoms with E-state index in [1.165, 1.54) is 70.4 Å². The van der Waals surface area contributed by atoms with Gasteiger partial charge in [-0.05, 0) is 85.8 Å². The number of aromatic nitrogens is 1.